The summed E-state index contributed by atoms with van der Waals surface area (Å²) in [7, 11) is 3.87. The Morgan fingerprint density at radius 2 is 2.04 bits per heavy atom. The number of aryl methyl sites for hydroxylation is 1. The molecular weight excluding hydrogens is 324 g/mol. The van der Waals surface area contributed by atoms with E-state index in [4.69, 9.17) is 5.26 Å². The fourth-order valence-corrected chi connectivity index (χ4v) is 4.24. The highest BCUT2D eigenvalue weighted by Gasteiger charge is 2.36. The third kappa shape index (κ3) is 3.36. The van der Waals surface area contributed by atoms with Crippen LogP contribution >= 0.6 is 0 Å². The number of ketones is 1. The minimum atomic E-state index is -0.235. The van der Waals surface area contributed by atoms with E-state index in [0.29, 0.717) is 12.8 Å². The molecule has 1 aromatic carbocycles. The monoisotopic (exact) mass is 348 g/mol. The lowest BCUT2D eigenvalue weighted by molar-refractivity contribution is 0.0855. The summed E-state index contributed by atoms with van der Waals surface area (Å²) >= 11 is 0. The zero-order chi connectivity index (χ0) is 18.7. The van der Waals surface area contributed by atoms with Gasteiger partial charge in [-0.05, 0) is 44.5 Å². The lowest BCUT2D eigenvalue weighted by Crippen LogP contribution is -2.46. The number of carbonyl (C=O) groups excluding carboxylic acids is 1. The first-order valence-corrected chi connectivity index (χ1v) is 9.11. The van der Waals surface area contributed by atoms with Gasteiger partial charge in [0.25, 0.3) is 0 Å². The molecule has 2 heterocycles. The van der Waals surface area contributed by atoms with Gasteiger partial charge in [-0.15, -0.1) is 0 Å². The first kappa shape index (κ1) is 18.2. The van der Waals surface area contributed by atoms with Crippen molar-refractivity contribution in [1.82, 2.24) is 9.47 Å². The predicted octanol–water partition coefficient (Wildman–Crippen LogP) is 3.51. The molecule has 2 aromatic rings. The van der Waals surface area contributed by atoms with Crippen LogP contribution in [0.3, 0.4) is 0 Å². The highest BCUT2D eigenvalue weighted by molar-refractivity contribution is 6.00. The van der Waals surface area contributed by atoms with Crippen LogP contribution in [-0.2, 0) is 7.05 Å². The van der Waals surface area contributed by atoms with Crippen LogP contribution in [0.15, 0.2) is 30.3 Å². The number of Topliss-reactive ketones (excluding diaryl/α,β-unsaturated/α-hetero) is 1. The van der Waals surface area contributed by atoms with Crippen LogP contribution in [0.1, 0.15) is 36.2 Å². The Morgan fingerprint density at radius 3 is 2.73 bits per heavy atom. The van der Waals surface area contributed by atoms with E-state index >= 15 is 0 Å². The Bertz CT molecular complexity index is 886. The van der Waals surface area contributed by atoms with Crippen molar-refractivity contribution >= 4 is 16.7 Å². The van der Waals surface area contributed by atoms with Crippen LogP contribution in [0.25, 0.3) is 10.9 Å². The summed E-state index contributed by atoms with van der Waals surface area (Å²) in [4.78, 5) is 14.8. The standard InChI is InChI=1S/C21H24N4O/c1-24-12-10-15(17(9-11-22)20(24)14-23)7-8-21(26)19-13-16-5-3-4-6-18(16)25(19)2/h3-6,13,15,17,20H,7-10,12H2,1-2H3/t15-,17-,20+/m1/s1. The minimum Gasteiger partial charge on any atom is -0.341 e. The summed E-state index contributed by atoms with van der Waals surface area (Å²) in [6.45, 7) is 0.840. The Hall–Kier alpha value is -2.63. The van der Waals surface area contributed by atoms with Gasteiger partial charge in [-0.1, -0.05) is 18.2 Å². The van der Waals surface area contributed by atoms with Gasteiger partial charge in [0.2, 0.25) is 0 Å². The van der Waals surface area contributed by atoms with Crippen LogP contribution in [0, 0.1) is 34.5 Å². The number of piperidine rings is 1. The summed E-state index contributed by atoms with van der Waals surface area (Å²) < 4.78 is 1.96. The average molecular weight is 348 g/mol. The van der Waals surface area contributed by atoms with Crippen molar-refractivity contribution in [3.63, 3.8) is 0 Å². The first-order valence-electron chi connectivity index (χ1n) is 9.11. The lowest BCUT2D eigenvalue weighted by Gasteiger charge is -2.39. The zero-order valence-corrected chi connectivity index (χ0v) is 15.4. The van der Waals surface area contributed by atoms with Gasteiger partial charge in [-0.3, -0.25) is 9.69 Å². The molecule has 134 valence electrons. The summed E-state index contributed by atoms with van der Waals surface area (Å²) in [5.41, 5.74) is 1.79. The van der Waals surface area contributed by atoms with Crippen molar-refractivity contribution in [1.29, 1.82) is 10.5 Å². The van der Waals surface area contributed by atoms with Gasteiger partial charge in [-0.25, -0.2) is 0 Å². The van der Waals surface area contributed by atoms with E-state index in [-0.39, 0.29) is 23.7 Å². The molecular formula is C21H24N4O. The van der Waals surface area contributed by atoms with Crippen LogP contribution in [0.2, 0.25) is 0 Å². The molecule has 3 rings (SSSR count). The third-order valence-corrected chi connectivity index (χ3v) is 5.78. The number of carbonyl (C=O) groups is 1. The van der Waals surface area contributed by atoms with Crippen LogP contribution in [0.4, 0.5) is 0 Å². The minimum absolute atomic E-state index is 0.0176. The largest absolute Gasteiger partial charge is 0.341 e. The maximum absolute atomic E-state index is 12.8. The molecule has 1 aliphatic heterocycles. The van der Waals surface area contributed by atoms with E-state index in [1.54, 1.807) is 0 Å². The number of para-hydroxylation sites is 1. The van der Waals surface area contributed by atoms with Gasteiger partial charge in [-0.2, -0.15) is 10.5 Å². The van der Waals surface area contributed by atoms with E-state index in [0.717, 1.165) is 36.0 Å². The van der Waals surface area contributed by atoms with Crippen molar-refractivity contribution < 1.29 is 4.79 Å². The smallest absolute Gasteiger partial charge is 0.179 e. The molecule has 0 amide bonds. The molecule has 1 aliphatic rings. The van der Waals surface area contributed by atoms with Crippen molar-refractivity contribution in [2.75, 3.05) is 13.6 Å². The molecule has 0 saturated carbocycles. The predicted molar refractivity (Wildman–Crippen MR) is 100 cm³/mol. The number of aromatic nitrogens is 1. The molecule has 5 nitrogen and oxygen atoms in total. The molecule has 26 heavy (non-hydrogen) atoms. The molecule has 0 bridgehead atoms. The number of hydrogen-bond acceptors (Lipinski definition) is 4. The second kappa shape index (κ2) is 7.72. The van der Waals surface area contributed by atoms with Crippen molar-refractivity contribution in [3.8, 4) is 12.1 Å². The molecule has 0 N–H and O–H groups in total. The van der Waals surface area contributed by atoms with Gasteiger partial charge in [0.05, 0.1) is 17.8 Å². The highest BCUT2D eigenvalue weighted by atomic mass is 16.1. The van der Waals surface area contributed by atoms with E-state index in [9.17, 15) is 10.1 Å². The van der Waals surface area contributed by atoms with Gasteiger partial charge >= 0.3 is 0 Å². The Balaban J connectivity index is 1.72. The molecule has 0 spiro atoms. The summed E-state index contributed by atoms with van der Waals surface area (Å²) in [5.74, 6) is 0.394. The number of likely N-dealkylation sites (tertiary alicyclic amines) is 1. The third-order valence-electron chi connectivity index (χ3n) is 5.78. The van der Waals surface area contributed by atoms with Crippen LogP contribution in [-0.4, -0.2) is 34.9 Å². The summed E-state index contributed by atoms with van der Waals surface area (Å²) in [5, 5.41) is 19.7. The number of rotatable bonds is 5. The van der Waals surface area contributed by atoms with Crippen LogP contribution < -0.4 is 0 Å². The van der Waals surface area contributed by atoms with Crippen molar-refractivity contribution in [3.05, 3.63) is 36.0 Å². The normalized spacial score (nSPS) is 23.5. The van der Waals surface area contributed by atoms with Crippen molar-refractivity contribution in [2.24, 2.45) is 18.9 Å². The molecule has 0 aliphatic carbocycles. The molecule has 0 unspecified atom stereocenters. The SMILES string of the molecule is CN1CC[C@@H](CCC(=O)c2cc3ccccc3n2C)[C@@H](CC#N)[C@@H]1C#N. The van der Waals surface area contributed by atoms with Gasteiger partial charge in [0, 0.05) is 36.7 Å². The van der Waals surface area contributed by atoms with Crippen LogP contribution in [0.5, 0.6) is 0 Å². The van der Waals surface area contributed by atoms with Gasteiger partial charge < -0.3 is 4.57 Å². The number of benzene rings is 1. The van der Waals surface area contributed by atoms with Crippen molar-refractivity contribution in [2.45, 2.75) is 31.7 Å². The van der Waals surface area contributed by atoms with E-state index in [1.165, 1.54) is 0 Å². The quantitative estimate of drug-likeness (QED) is 0.775. The number of nitrogens with zero attached hydrogens (tertiary/aromatic N) is 4. The average Bonchev–Trinajstić information content (AvgIpc) is 2.98. The van der Waals surface area contributed by atoms with E-state index < -0.39 is 0 Å². The highest BCUT2D eigenvalue weighted by Crippen LogP contribution is 2.34. The zero-order valence-electron chi connectivity index (χ0n) is 15.4. The molecule has 1 saturated heterocycles. The lowest BCUT2D eigenvalue weighted by atomic mass is 9.76. The van der Waals surface area contributed by atoms with Gasteiger partial charge in [0.15, 0.2) is 5.78 Å². The second-order valence-corrected chi connectivity index (χ2v) is 7.24. The Morgan fingerprint density at radius 1 is 1.27 bits per heavy atom. The number of fused-ring (bicyclic) bond motifs is 1. The fourth-order valence-electron chi connectivity index (χ4n) is 4.24. The number of hydrogen-bond donors (Lipinski definition) is 0. The fraction of sp³-hybridized carbons (Fsp3) is 0.476. The van der Waals surface area contributed by atoms with E-state index in [1.807, 2.05) is 53.9 Å². The summed E-state index contributed by atoms with van der Waals surface area (Å²) in [6, 6.07) is 14.3. The number of nitriles is 2. The Labute approximate surface area is 154 Å². The molecule has 1 fully saturated rings. The molecule has 1 aromatic heterocycles. The molecule has 0 radical (unpaired) electrons. The maximum Gasteiger partial charge on any atom is 0.179 e. The molecule has 3 atom stereocenters. The molecule has 5 heteroatoms. The first-order chi connectivity index (χ1) is 12.6. The topological polar surface area (TPSA) is 72.8 Å². The Kier molecular flexibility index (Phi) is 5.40. The second-order valence-electron chi connectivity index (χ2n) is 7.24. The summed E-state index contributed by atoms with van der Waals surface area (Å²) in [6.07, 6.45) is 2.50. The van der Waals surface area contributed by atoms with E-state index in [2.05, 4.69) is 12.1 Å². The van der Waals surface area contributed by atoms with Gasteiger partial charge in [0.1, 0.15) is 6.04 Å². The maximum atomic E-state index is 12.8.